The summed E-state index contributed by atoms with van der Waals surface area (Å²) in [5, 5.41) is 7.81. The van der Waals surface area contributed by atoms with Gasteiger partial charge in [-0.25, -0.2) is 4.79 Å². The Balaban J connectivity index is 1.44. The van der Waals surface area contributed by atoms with Crippen LogP contribution in [0.3, 0.4) is 0 Å². The van der Waals surface area contributed by atoms with E-state index in [1.54, 1.807) is 12.4 Å². The number of anilines is 1. The minimum atomic E-state index is -0.232. The summed E-state index contributed by atoms with van der Waals surface area (Å²) < 4.78 is 0. The molecular weight excluding hydrogens is 334 g/mol. The normalized spacial score (nSPS) is 10.5. The van der Waals surface area contributed by atoms with Gasteiger partial charge in [0.25, 0.3) is 0 Å². The van der Waals surface area contributed by atoms with Gasteiger partial charge in [-0.05, 0) is 34.9 Å². The third-order valence-electron chi connectivity index (χ3n) is 4.42. The summed E-state index contributed by atoms with van der Waals surface area (Å²) in [6.07, 6.45) is 3.51. The number of carbonyl (C=O) groups excluding carboxylic acids is 1. The second kappa shape index (κ2) is 7.70. The Morgan fingerprint density at radius 3 is 2.56 bits per heavy atom. The van der Waals surface area contributed by atoms with Gasteiger partial charge < -0.3 is 10.6 Å². The van der Waals surface area contributed by atoms with Crippen molar-refractivity contribution in [1.82, 2.24) is 10.3 Å². The molecule has 0 saturated carbocycles. The highest BCUT2D eigenvalue weighted by Crippen LogP contribution is 2.22. The number of hydrogen-bond acceptors (Lipinski definition) is 2. The molecule has 0 atom stereocenters. The largest absolute Gasteiger partial charge is 0.334 e. The van der Waals surface area contributed by atoms with Crippen molar-refractivity contribution in [3.63, 3.8) is 0 Å². The molecule has 0 spiro atoms. The van der Waals surface area contributed by atoms with Crippen LogP contribution in [-0.4, -0.2) is 11.0 Å². The molecule has 132 valence electrons. The number of fused-ring (bicyclic) bond motifs is 1. The molecule has 3 aromatic carbocycles. The summed E-state index contributed by atoms with van der Waals surface area (Å²) >= 11 is 0. The molecule has 0 aliphatic rings. The number of aromatic nitrogens is 1. The van der Waals surface area contributed by atoms with E-state index >= 15 is 0 Å². The molecular formula is C23H19N3O. The van der Waals surface area contributed by atoms with E-state index in [0.717, 1.165) is 33.2 Å². The number of benzene rings is 3. The van der Waals surface area contributed by atoms with Crippen LogP contribution >= 0.6 is 0 Å². The monoisotopic (exact) mass is 353 g/mol. The molecule has 4 nitrogen and oxygen atoms in total. The number of urea groups is 1. The van der Waals surface area contributed by atoms with E-state index in [1.807, 2.05) is 54.6 Å². The second-order valence-corrected chi connectivity index (χ2v) is 6.28. The van der Waals surface area contributed by atoms with Crippen LogP contribution < -0.4 is 10.6 Å². The molecule has 2 amide bonds. The maximum absolute atomic E-state index is 12.3. The van der Waals surface area contributed by atoms with Crippen LogP contribution in [0.2, 0.25) is 0 Å². The molecule has 1 aromatic heterocycles. The van der Waals surface area contributed by atoms with Crippen molar-refractivity contribution in [3.8, 4) is 11.1 Å². The fourth-order valence-electron chi connectivity index (χ4n) is 3.07. The van der Waals surface area contributed by atoms with Gasteiger partial charge in [0.2, 0.25) is 0 Å². The van der Waals surface area contributed by atoms with Gasteiger partial charge in [0.1, 0.15) is 0 Å². The number of hydrogen-bond donors (Lipinski definition) is 2. The van der Waals surface area contributed by atoms with Crippen molar-refractivity contribution in [3.05, 3.63) is 96.8 Å². The van der Waals surface area contributed by atoms with Crippen LogP contribution in [0.15, 0.2) is 91.3 Å². The average molecular weight is 353 g/mol. The van der Waals surface area contributed by atoms with Crippen LogP contribution in [0.1, 0.15) is 5.56 Å². The van der Waals surface area contributed by atoms with E-state index in [2.05, 4.69) is 39.9 Å². The smallest absolute Gasteiger partial charge is 0.319 e. The Bertz CT molecular complexity index is 1070. The van der Waals surface area contributed by atoms with Crippen molar-refractivity contribution in [1.29, 1.82) is 0 Å². The topological polar surface area (TPSA) is 54.0 Å². The van der Waals surface area contributed by atoms with Crippen molar-refractivity contribution >= 4 is 22.5 Å². The summed E-state index contributed by atoms with van der Waals surface area (Å²) in [7, 11) is 0. The van der Waals surface area contributed by atoms with Crippen molar-refractivity contribution < 1.29 is 4.79 Å². The summed E-state index contributed by atoms with van der Waals surface area (Å²) in [5.41, 5.74) is 4.11. The lowest BCUT2D eigenvalue weighted by Crippen LogP contribution is -2.28. The van der Waals surface area contributed by atoms with Crippen LogP contribution in [0.4, 0.5) is 10.5 Å². The Hall–Kier alpha value is -3.66. The average Bonchev–Trinajstić information content (AvgIpc) is 2.73. The van der Waals surface area contributed by atoms with Gasteiger partial charge in [-0.2, -0.15) is 0 Å². The molecule has 2 N–H and O–H groups in total. The summed E-state index contributed by atoms with van der Waals surface area (Å²) in [5.74, 6) is 0. The summed E-state index contributed by atoms with van der Waals surface area (Å²) in [4.78, 5) is 16.5. The lowest BCUT2D eigenvalue weighted by atomic mass is 10.0. The molecule has 0 saturated heterocycles. The molecule has 4 heteroatoms. The molecule has 4 rings (SSSR count). The summed E-state index contributed by atoms with van der Waals surface area (Å²) in [6, 6.07) is 25.8. The maximum atomic E-state index is 12.3. The molecule has 0 aliphatic carbocycles. The standard InChI is InChI=1S/C23H19N3O/c27-23(26-22-11-5-10-20-16-24-13-12-21(20)22)25-15-17-6-4-9-19(14-17)18-7-2-1-3-8-18/h1-14,16H,15H2,(H2,25,26,27). The van der Waals surface area contributed by atoms with Crippen LogP contribution in [0.5, 0.6) is 0 Å². The Kier molecular flexibility index (Phi) is 4.79. The third-order valence-corrected chi connectivity index (χ3v) is 4.42. The Morgan fingerprint density at radius 2 is 1.67 bits per heavy atom. The quantitative estimate of drug-likeness (QED) is 0.528. The minimum Gasteiger partial charge on any atom is -0.334 e. The fourth-order valence-corrected chi connectivity index (χ4v) is 3.07. The first-order valence-corrected chi connectivity index (χ1v) is 8.81. The van der Waals surface area contributed by atoms with Crippen molar-refractivity contribution in [2.75, 3.05) is 5.32 Å². The lowest BCUT2D eigenvalue weighted by Gasteiger charge is -2.11. The highest BCUT2D eigenvalue weighted by Gasteiger charge is 2.06. The van der Waals surface area contributed by atoms with E-state index in [9.17, 15) is 4.79 Å². The second-order valence-electron chi connectivity index (χ2n) is 6.28. The van der Waals surface area contributed by atoms with Gasteiger partial charge in [0.05, 0.1) is 5.69 Å². The summed E-state index contributed by atoms with van der Waals surface area (Å²) in [6.45, 7) is 0.457. The van der Waals surface area contributed by atoms with E-state index in [0.29, 0.717) is 6.54 Å². The van der Waals surface area contributed by atoms with E-state index in [1.165, 1.54) is 0 Å². The number of rotatable bonds is 4. The van der Waals surface area contributed by atoms with Gasteiger partial charge >= 0.3 is 6.03 Å². The number of carbonyl (C=O) groups is 1. The Morgan fingerprint density at radius 1 is 0.852 bits per heavy atom. The van der Waals surface area contributed by atoms with Gasteiger partial charge in [0, 0.05) is 29.7 Å². The zero-order valence-corrected chi connectivity index (χ0v) is 14.7. The predicted molar refractivity (Wildman–Crippen MR) is 109 cm³/mol. The first-order valence-electron chi connectivity index (χ1n) is 8.81. The molecule has 27 heavy (non-hydrogen) atoms. The van der Waals surface area contributed by atoms with Gasteiger partial charge in [0.15, 0.2) is 0 Å². The van der Waals surface area contributed by atoms with Crippen molar-refractivity contribution in [2.24, 2.45) is 0 Å². The number of pyridine rings is 1. The maximum Gasteiger partial charge on any atom is 0.319 e. The van der Waals surface area contributed by atoms with Crippen molar-refractivity contribution in [2.45, 2.75) is 6.54 Å². The molecule has 0 radical (unpaired) electrons. The molecule has 0 aliphatic heterocycles. The zero-order chi connectivity index (χ0) is 18.5. The number of nitrogens with zero attached hydrogens (tertiary/aromatic N) is 1. The Labute approximate surface area is 157 Å². The molecule has 0 fully saturated rings. The molecule has 0 bridgehead atoms. The highest BCUT2D eigenvalue weighted by molar-refractivity contribution is 6.01. The van der Waals surface area contributed by atoms with E-state index in [-0.39, 0.29) is 6.03 Å². The number of nitrogens with one attached hydrogen (secondary N) is 2. The molecule has 0 unspecified atom stereocenters. The van der Waals surface area contributed by atoms with Crippen LogP contribution in [0.25, 0.3) is 21.9 Å². The van der Waals surface area contributed by atoms with Gasteiger partial charge in [-0.15, -0.1) is 0 Å². The SMILES string of the molecule is O=C(NCc1cccc(-c2ccccc2)c1)Nc1cccc2cnccc12. The van der Waals surface area contributed by atoms with Gasteiger partial charge in [-0.3, -0.25) is 4.98 Å². The minimum absolute atomic E-state index is 0.232. The zero-order valence-electron chi connectivity index (χ0n) is 14.7. The fraction of sp³-hybridized carbons (Fsp3) is 0.0435. The van der Waals surface area contributed by atoms with Crippen LogP contribution in [-0.2, 0) is 6.54 Å². The lowest BCUT2D eigenvalue weighted by molar-refractivity contribution is 0.252. The van der Waals surface area contributed by atoms with E-state index in [4.69, 9.17) is 0 Å². The first-order chi connectivity index (χ1) is 13.3. The van der Waals surface area contributed by atoms with Crippen LogP contribution in [0, 0.1) is 0 Å². The van der Waals surface area contributed by atoms with E-state index < -0.39 is 0 Å². The highest BCUT2D eigenvalue weighted by atomic mass is 16.2. The van der Waals surface area contributed by atoms with Gasteiger partial charge in [-0.1, -0.05) is 60.7 Å². The predicted octanol–water partition coefficient (Wildman–Crippen LogP) is 5.22. The first kappa shape index (κ1) is 16.8. The third kappa shape index (κ3) is 3.96. The molecule has 4 aromatic rings. The molecule has 1 heterocycles. The number of amides is 2.